The van der Waals surface area contributed by atoms with E-state index in [-0.39, 0.29) is 0 Å². The number of aliphatic hydroxyl groups excluding tert-OH is 1. The van der Waals surface area contributed by atoms with Crippen LogP contribution in [0.1, 0.15) is 33.1 Å². The summed E-state index contributed by atoms with van der Waals surface area (Å²) in [6.45, 7) is 4.70. The van der Waals surface area contributed by atoms with Crippen LogP contribution in [0.15, 0.2) is 0 Å². The zero-order chi connectivity index (χ0) is 7.28. The van der Waals surface area contributed by atoms with E-state index in [9.17, 15) is 0 Å². The highest BCUT2D eigenvalue weighted by Gasteiger charge is 2.15. The van der Waals surface area contributed by atoms with E-state index in [0.29, 0.717) is 0 Å². The lowest BCUT2D eigenvalue weighted by Crippen LogP contribution is -1.84. The molecule has 0 radical (unpaired) electrons. The molecule has 1 heteroatoms. The molecular weight excluding hydrogens is 112 g/mol. The van der Waals surface area contributed by atoms with E-state index in [0.717, 1.165) is 18.9 Å². The Morgan fingerprint density at radius 1 is 1.00 bits per heavy atom. The van der Waals surface area contributed by atoms with Gasteiger partial charge in [-0.3, -0.25) is 0 Å². The van der Waals surface area contributed by atoms with Gasteiger partial charge in [0.05, 0.1) is 0 Å². The minimum absolute atomic E-state index is 1.00. The number of rotatable bonds is 0. The second-order valence-corrected chi connectivity index (χ2v) is 3.02. The van der Waals surface area contributed by atoms with E-state index < -0.39 is 0 Å². The van der Waals surface area contributed by atoms with Gasteiger partial charge in [0.1, 0.15) is 0 Å². The Hall–Kier alpha value is -0.0400. The fourth-order valence-corrected chi connectivity index (χ4v) is 1.49. The highest BCUT2D eigenvalue weighted by atomic mass is 16.2. The lowest BCUT2D eigenvalue weighted by Gasteiger charge is -1.96. The number of aliphatic hydroxyl groups is 1. The zero-order valence-corrected chi connectivity index (χ0v) is 6.72. The van der Waals surface area contributed by atoms with E-state index in [1.807, 2.05) is 0 Å². The van der Waals surface area contributed by atoms with Crippen LogP contribution in [0.3, 0.4) is 0 Å². The Bertz CT molecular complexity index is 53.6. The van der Waals surface area contributed by atoms with Crippen LogP contribution < -0.4 is 0 Å². The summed E-state index contributed by atoms with van der Waals surface area (Å²) in [6.07, 6.45) is 4.42. The summed E-state index contributed by atoms with van der Waals surface area (Å²) >= 11 is 0. The third kappa shape index (κ3) is 3.52. The van der Waals surface area contributed by atoms with E-state index >= 15 is 0 Å². The molecule has 2 unspecified atom stereocenters. The van der Waals surface area contributed by atoms with Crippen LogP contribution in [-0.4, -0.2) is 12.2 Å². The van der Waals surface area contributed by atoms with Crippen LogP contribution in [0.5, 0.6) is 0 Å². The van der Waals surface area contributed by atoms with Crippen molar-refractivity contribution in [2.24, 2.45) is 11.8 Å². The first-order valence-corrected chi connectivity index (χ1v) is 3.73. The van der Waals surface area contributed by atoms with Crippen molar-refractivity contribution in [1.82, 2.24) is 0 Å². The van der Waals surface area contributed by atoms with Crippen LogP contribution in [0.4, 0.5) is 0 Å². The van der Waals surface area contributed by atoms with Crippen LogP contribution in [-0.2, 0) is 0 Å². The lowest BCUT2D eigenvalue weighted by molar-refractivity contribution is 0.399. The molecule has 1 N–H and O–H groups in total. The van der Waals surface area contributed by atoms with Gasteiger partial charge in [-0.25, -0.2) is 0 Å². The van der Waals surface area contributed by atoms with Crippen molar-refractivity contribution >= 4 is 0 Å². The molecule has 0 aliphatic heterocycles. The molecule has 0 aromatic heterocycles. The summed E-state index contributed by atoms with van der Waals surface area (Å²) in [4.78, 5) is 0. The molecule has 56 valence electrons. The number of hydrogen-bond acceptors (Lipinski definition) is 1. The molecule has 1 aliphatic rings. The van der Waals surface area contributed by atoms with Gasteiger partial charge in [0.15, 0.2) is 0 Å². The second-order valence-electron chi connectivity index (χ2n) is 3.02. The predicted octanol–water partition coefficient (Wildman–Crippen LogP) is 2.05. The van der Waals surface area contributed by atoms with Gasteiger partial charge in [-0.1, -0.05) is 26.7 Å². The van der Waals surface area contributed by atoms with Gasteiger partial charge in [0.2, 0.25) is 0 Å². The fourth-order valence-electron chi connectivity index (χ4n) is 1.49. The Balaban J connectivity index is 0.000000291. The van der Waals surface area contributed by atoms with E-state index in [1.54, 1.807) is 0 Å². The third-order valence-electron chi connectivity index (χ3n) is 1.96. The first-order valence-electron chi connectivity index (χ1n) is 3.73. The predicted molar refractivity (Wildman–Crippen MR) is 40.3 cm³/mol. The number of hydrogen-bond donors (Lipinski definition) is 1. The quantitative estimate of drug-likeness (QED) is 0.532. The monoisotopic (exact) mass is 130 g/mol. The van der Waals surface area contributed by atoms with Gasteiger partial charge < -0.3 is 5.11 Å². The van der Waals surface area contributed by atoms with Gasteiger partial charge in [-0.15, -0.1) is 0 Å². The van der Waals surface area contributed by atoms with Crippen molar-refractivity contribution in [2.45, 2.75) is 33.1 Å². The van der Waals surface area contributed by atoms with Crippen LogP contribution in [0.2, 0.25) is 0 Å². The molecule has 0 saturated heterocycles. The maximum absolute atomic E-state index is 7.00. The Morgan fingerprint density at radius 2 is 1.33 bits per heavy atom. The van der Waals surface area contributed by atoms with Gasteiger partial charge in [-0.2, -0.15) is 0 Å². The van der Waals surface area contributed by atoms with Gasteiger partial charge in [0.25, 0.3) is 0 Å². The summed E-state index contributed by atoms with van der Waals surface area (Å²) < 4.78 is 0. The molecule has 0 bridgehead atoms. The average molecular weight is 130 g/mol. The molecule has 0 heterocycles. The Labute approximate surface area is 58.1 Å². The molecule has 1 saturated carbocycles. The van der Waals surface area contributed by atoms with Crippen LogP contribution in [0.25, 0.3) is 0 Å². The lowest BCUT2D eigenvalue weighted by atomic mass is 10.1. The summed E-state index contributed by atoms with van der Waals surface area (Å²) in [5.74, 6) is 2.05. The zero-order valence-electron chi connectivity index (χ0n) is 6.72. The maximum atomic E-state index is 7.00. The van der Waals surface area contributed by atoms with Crippen molar-refractivity contribution < 1.29 is 5.11 Å². The Kier molecular flexibility index (Phi) is 4.78. The van der Waals surface area contributed by atoms with E-state index in [2.05, 4.69) is 13.8 Å². The molecule has 0 spiro atoms. The molecule has 1 fully saturated rings. The molecule has 0 aromatic carbocycles. The third-order valence-corrected chi connectivity index (χ3v) is 1.96. The van der Waals surface area contributed by atoms with Crippen molar-refractivity contribution in [3.8, 4) is 0 Å². The summed E-state index contributed by atoms with van der Waals surface area (Å²) in [6, 6.07) is 0. The Morgan fingerprint density at radius 3 is 1.44 bits per heavy atom. The van der Waals surface area contributed by atoms with Crippen molar-refractivity contribution in [1.29, 1.82) is 0 Å². The average Bonchev–Trinajstić information content (AvgIpc) is 2.20. The van der Waals surface area contributed by atoms with Crippen LogP contribution >= 0.6 is 0 Å². The minimum Gasteiger partial charge on any atom is -0.400 e. The summed E-state index contributed by atoms with van der Waals surface area (Å²) in [5, 5.41) is 7.00. The smallest absolute Gasteiger partial charge is 0.0319 e. The largest absolute Gasteiger partial charge is 0.400 e. The highest BCUT2D eigenvalue weighted by molar-refractivity contribution is 4.68. The van der Waals surface area contributed by atoms with Crippen molar-refractivity contribution in [3.63, 3.8) is 0 Å². The van der Waals surface area contributed by atoms with Crippen molar-refractivity contribution in [3.05, 3.63) is 0 Å². The fraction of sp³-hybridized carbons (Fsp3) is 1.00. The maximum Gasteiger partial charge on any atom is 0.0319 e. The van der Waals surface area contributed by atoms with E-state index in [1.165, 1.54) is 19.3 Å². The second kappa shape index (κ2) is 4.80. The molecule has 2 atom stereocenters. The van der Waals surface area contributed by atoms with Gasteiger partial charge >= 0.3 is 0 Å². The molecule has 1 nitrogen and oxygen atoms in total. The van der Waals surface area contributed by atoms with Crippen LogP contribution in [0, 0.1) is 11.8 Å². The molecular formula is C8H18O. The normalized spacial score (nSPS) is 33.3. The first kappa shape index (κ1) is 8.96. The van der Waals surface area contributed by atoms with Crippen molar-refractivity contribution in [2.75, 3.05) is 7.11 Å². The minimum atomic E-state index is 1.00. The SMILES string of the molecule is CC1CCC(C)C1.CO. The van der Waals surface area contributed by atoms with E-state index in [4.69, 9.17) is 5.11 Å². The molecule has 0 amide bonds. The molecule has 9 heavy (non-hydrogen) atoms. The highest BCUT2D eigenvalue weighted by Crippen LogP contribution is 2.29. The summed E-state index contributed by atoms with van der Waals surface area (Å²) in [7, 11) is 1.00. The standard InChI is InChI=1S/C7H14.CH4O/c1-6-3-4-7(2)5-6;1-2/h6-7H,3-5H2,1-2H3;2H,1H3. The molecule has 1 rings (SSSR count). The summed E-state index contributed by atoms with van der Waals surface area (Å²) in [5.41, 5.74) is 0. The topological polar surface area (TPSA) is 20.2 Å². The molecule has 0 aromatic rings. The van der Waals surface area contributed by atoms with Gasteiger partial charge in [0, 0.05) is 7.11 Å². The van der Waals surface area contributed by atoms with Gasteiger partial charge in [-0.05, 0) is 18.3 Å². The first-order chi connectivity index (χ1) is 4.29. The molecule has 1 aliphatic carbocycles.